The van der Waals surface area contributed by atoms with Crippen LogP contribution in [0.5, 0.6) is 0 Å². The molecule has 0 aliphatic carbocycles. The fourth-order valence-corrected chi connectivity index (χ4v) is 5.59. The van der Waals surface area contributed by atoms with E-state index >= 15 is 0 Å². The molecule has 0 unspecified atom stereocenters. The van der Waals surface area contributed by atoms with Crippen LogP contribution in [0.3, 0.4) is 0 Å². The number of anilines is 1. The summed E-state index contributed by atoms with van der Waals surface area (Å²) in [4.78, 5) is 12.8. The van der Waals surface area contributed by atoms with E-state index in [1.54, 1.807) is 18.2 Å². The van der Waals surface area contributed by atoms with E-state index < -0.39 is 28.3 Å². The number of sulfonamides is 1. The molecule has 190 valence electrons. The smallest absolute Gasteiger partial charge is 0.264 e. The number of aryl methyl sites for hydroxylation is 1. The van der Waals surface area contributed by atoms with Crippen molar-refractivity contribution in [1.82, 2.24) is 9.99 Å². The van der Waals surface area contributed by atoms with Crippen LogP contribution in [-0.4, -0.2) is 31.7 Å². The summed E-state index contributed by atoms with van der Waals surface area (Å²) in [6, 6.07) is 22.5. The number of carbonyl (C=O) groups excluding carboxylic acids is 1. The first-order valence-corrected chi connectivity index (χ1v) is 13.5. The Hall–Kier alpha value is -3.76. The van der Waals surface area contributed by atoms with Crippen molar-refractivity contribution in [2.75, 3.05) is 10.8 Å². The summed E-state index contributed by atoms with van der Waals surface area (Å²) in [5.74, 6) is -1.17. The van der Waals surface area contributed by atoms with E-state index in [9.17, 15) is 17.6 Å². The molecule has 0 aliphatic heterocycles. The molecule has 4 aromatic rings. The molecule has 0 spiro atoms. The maximum absolute atomic E-state index is 13.5. The van der Waals surface area contributed by atoms with Gasteiger partial charge in [0.2, 0.25) is 0 Å². The minimum Gasteiger partial charge on any atom is -0.318 e. The van der Waals surface area contributed by atoms with E-state index in [0.29, 0.717) is 0 Å². The Morgan fingerprint density at radius 3 is 2.32 bits per heavy atom. The van der Waals surface area contributed by atoms with E-state index in [-0.39, 0.29) is 10.6 Å². The molecule has 1 amide bonds. The summed E-state index contributed by atoms with van der Waals surface area (Å²) in [7, 11) is -4.09. The summed E-state index contributed by atoms with van der Waals surface area (Å²) < 4.78 is 44.0. The Morgan fingerprint density at radius 1 is 1.03 bits per heavy atom. The topological polar surface area (TPSA) is 83.8 Å². The first-order chi connectivity index (χ1) is 17.7. The first-order valence-electron chi connectivity index (χ1n) is 11.3. The quantitative estimate of drug-likeness (QED) is 0.225. The van der Waals surface area contributed by atoms with Crippen LogP contribution in [0.2, 0.25) is 0 Å². The largest absolute Gasteiger partial charge is 0.318 e. The standard InChI is InChI=1S/C27H24BrFN4O3S/c1-19-16-21(20(2)33(19)25-12-8-22(28)9-13-25)17-30-31-27(34)18-32(24-14-10-23(29)11-15-24)37(35,36)26-6-4-3-5-7-26/h3-17H,18H2,1-2H3,(H,31,34)/b30-17+. The van der Waals surface area contributed by atoms with Gasteiger partial charge in [-0.25, -0.2) is 18.2 Å². The highest BCUT2D eigenvalue weighted by Gasteiger charge is 2.27. The molecule has 10 heteroatoms. The van der Waals surface area contributed by atoms with Gasteiger partial charge >= 0.3 is 0 Å². The molecule has 1 heterocycles. The Balaban J connectivity index is 1.53. The molecular formula is C27H24BrFN4O3S. The number of amides is 1. The van der Waals surface area contributed by atoms with Crippen molar-refractivity contribution in [1.29, 1.82) is 0 Å². The van der Waals surface area contributed by atoms with Crippen LogP contribution in [-0.2, 0) is 14.8 Å². The van der Waals surface area contributed by atoms with Crippen molar-refractivity contribution in [3.63, 3.8) is 0 Å². The van der Waals surface area contributed by atoms with Crippen LogP contribution in [0, 0.1) is 19.7 Å². The molecule has 0 radical (unpaired) electrons. The molecule has 1 aromatic heterocycles. The van der Waals surface area contributed by atoms with E-state index in [0.717, 1.165) is 43.5 Å². The highest BCUT2D eigenvalue weighted by Crippen LogP contribution is 2.24. The first kappa shape index (κ1) is 26.3. The van der Waals surface area contributed by atoms with Crippen molar-refractivity contribution < 1.29 is 17.6 Å². The van der Waals surface area contributed by atoms with Crippen LogP contribution in [0.4, 0.5) is 10.1 Å². The van der Waals surface area contributed by atoms with Gasteiger partial charge in [-0.3, -0.25) is 9.10 Å². The number of halogens is 2. The number of hydrogen-bond donors (Lipinski definition) is 1. The average Bonchev–Trinajstić information content (AvgIpc) is 3.17. The summed E-state index contributed by atoms with van der Waals surface area (Å²) >= 11 is 3.44. The Morgan fingerprint density at radius 2 is 1.68 bits per heavy atom. The third kappa shape index (κ3) is 5.98. The van der Waals surface area contributed by atoms with E-state index in [1.165, 1.54) is 30.5 Å². The molecule has 4 rings (SSSR count). The maximum Gasteiger partial charge on any atom is 0.264 e. The number of carbonyl (C=O) groups is 1. The highest BCUT2D eigenvalue weighted by atomic mass is 79.9. The molecule has 0 aliphatic rings. The second kappa shape index (κ2) is 11.1. The van der Waals surface area contributed by atoms with Gasteiger partial charge in [0, 0.05) is 27.1 Å². The second-order valence-electron chi connectivity index (χ2n) is 8.23. The van der Waals surface area contributed by atoms with Crippen molar-refractivity contribution in [3.8, 4) is 5.69 Å². The van der Waals surface area contributed by atoms with Gasteiger partial charge < -0.3 is 4.57 Å². The van der Waals surface area contributed by atoms with Crippen LogP contribution in [0.15, 0.2) is 99.4 Å². The van der Waals surface area contributed by atoms with Gasteiger partial charge in [0.1, 0.15) is 12.4 Å². The number of hydrazone groups is 1. The number of aromatic nitrogens is 1. The monoisotopic (exact) mass is 582 g/mol. The van der Waals surface area contributed by atoms with Gasteiger partial charge in [-0.05, 0) is 80.6 Å². The summed E-state index contributed by atoms with van der Waals surface area (Å²) in [6.07, 6.45) is 1.52. The Labute approximate surface area is 223 Å². The zero-order chi connectivity index (χ0) is 26.6. The second-order valence-corrected chi connectivity index (χ2v) is 11.0. The molecule has 0 saturated carbocycles. The molecule has 0 atom stereocenters. The molecule has 0 bridgehead atoms. The molecule has 0 fully saturated rings. The van der Waals surface area contributed by atoms with E-state index in [2.05, 4.69) is 31.0 Å². The fraction of sp³-hybridized carbons (Fsp3) is 0.111. The van der Waals surface area contributed by atoms with Gasteiger partial charge in [-0.2, -0.15) is 5.10 Å². The van der Waals surface area contributed by atoms with Gasteiger partial charge in [0.25, 0.3) is 15.9 Å². The highest BCUT2D eigenvalue weighted by molar-refractivity contribution is 9.10. The molecule has 7 nitrogen and oxygen atoms in total. The SMILES string of the molecule is Cc1cc(/C=N/NC(=O)CN(c2ccc(F)cc2)S(=O)(=O)c2ccccc2)c(C)n1-c1ccc(Br)cc1. The normalized spacial score (nSPS) is 11.6. The van der Waals surface area contributed by atoms with Crippen LogP contribution < -0.4 is 9.73 Å². The number of benzene rings is 3. The van der Waals surface area contributed by atoms with Crippen molar-refractivity contribution in [3.05, 3.63) is 112 Å². The summed E-state index contributed by atoms with van der Waals surface area (Å²) in [6.45, 7) is 3.37. The zero-order valence-electron chi connectivity index (χ0n) is 20.1. The maximum atomic E-state index is 13.5. The molecule has 37 heavy (non-hydrogen) atoms. The van der Waals surface area contributed by atoms with Gasteiger partial charge in [-0.1, -0.05) is 34.1 Å². The predicted molar refractivity (Wildman–Crippen MR) is 146 cm³/mol. The predicted octanol–water partition coefficient (Wildman–Crippen LogP) is 5.34. The number of hydrogen-bond acceptors (Lipinski definition) is 4. The van der Waals surface area contributed by atoms with E-state index in [1.807, 2.05) is 44.2 Å². The molecule has 0 saturated heterocycles. The van der Waals surface area contributed by atoms with Crippen molar-refractivity contribution >= 4 is 43.8 Å². The number of nitrogens with zero attached hydrogens (tertiary/aromatic N) is 3. The summed E-state index contributed by atoms with van der Waals surface area (Å²) in [5, 5.41) is 4.05. The van der Waals surface area contributed by atoms with Gasteiger partial charge in [0.05, 0.1) is 16.8 Å². The van der Waals surface area contributed by atoms with Gasteiger partial charge in [-0.15, -0.1) is 0 Å². The molecular weight excluding hydrogens is 559 g/mol. The Kier molecular flexibility index (Phi) is 7.89. The lowest BCUT2D eigenvalue weighted by molar-refractivity contribution is -0.119. The lowest BCUT2D eigenvalue weighted by Crippen LogP contribution is -2.39. The third-order valence-electron chi connectivity index (χ3n) is 5.68. The zero-order valence-corrected chi connectivity index (χ0v) is 22.5. The summed E-state index contributed by atoms with van der Waals surface area (Å²) in [5.41, 5.74) is 6.27. The fourth-order valence-electron chi connectivity index (χ4n) is 3.89. The van der Waals surface area contributed by atoms with E-state index in [4.69, 9.17) is 0 Å². The van der Waals surface area contributed by atoms with Crippen molar-refractivity contribution in [2.45, 2.75) is 18.7 Å². The third-order valence-corrected chi connectivity index (χ3v) is 8.00. The molecule has 3 aromatic carbocycles. The van der Waals surface area contributed by atoms with Crippen LogP contribution in [0.25, 0.3) is 5.69 Å². The lowest BCUT2D eigenvalue weighted by atomic mass is 10.2. The van der Waals surface area contributed by atoms with Crippen LogP contribution in [0.1, 0.15) is 17.0 Å². The average molecular weight is 583 g/mol. The minimum atomic E-state index is -4.09. The number of nitrogens with one attached hydrogen (secondary N) is 1. The molecule has 1 N–H and O–H groups in total. The number of rotatable bonds is 8. The van der Waals surface area contributed by atoms with Gasteiger partial charge in [0.15, 0.2) is 0 Å². The van der Waals surface area contributed by atoms with Crippen molar-refractivity contribution in [2.24, 2.45) is 5.10 Å². The minimum absolute atomic E-state index is 0.0102. The Bertz CT molecular complexity index is 1540. The lowest BCUT2D eigenvalue weighted by Gasteiger charge is -2.23. The van der Waals surface area contributed by atoms with Crippen LogP contribution >= 0.6 is 15.9 Å².